The van der Waals surface area contributed by atoms with Crippen LogP contribution in [0.15, 0.2) is 12.5 Å². The van der Waals surface area contributed by atoms with Crippen LogP contribution in [0, 0.1) is 5.92 Å². The maximum atomic E-state index is 12.9. The van der Waals surface area contributed by atoms with Crippen molar-refractivity contribution in [3.8, 4) is 0 Å². The number of carbonyl (C=O) groups excluding carboxylic acids is 3. The quantitative estimate of drug-likeness (QED) is 0.267. The second-order valence-corrected chi connectivity index (χ2v) is 7.93. The number of carbonyl (C=O) groups is 4. The molecule has 11 heteroatoms. The molecule has 1 saturated heterocycles. The zero-order valence-corrected chi connectivity index (χ0v) is 18.1. The average Bonchev–Trinajstić information content (AvgIpc) is 3.44. The number of nitrogens with zero attached hydrogens (tertiary/aromatic N) is 1. The van der Waals surface area contributed by atoms with E-state index >= 15 is 0 Å². The molecule has 2 rings (SSSR count). The molecule has 31 heavy (non-hydrogen) atoms. The number of aliphatic carboxylic acids is 1. The summed E-state index contributed by atoms with van der Waals surface area (Å²) in [5, 5.41) is 20.2. The minimum absolute atomic E-state index is 0.170. The minimum Gasteiger partial charge on any atom is -0.480 e. The second-order valence-electron chi connectivity index (χ2n) is 7.93. The summed E-state index contributed by atoms with van der Waals surface area (Å²) in [6, 6.07) is -3.31. The van der Waals surface area contributed by atoms with Gasteiger partial charge in [0.25, 0.3) is 0 Å². The molecule has 0 saturated carbocycles. The summed E-state index contributed by atoms with van der Waals surface area (Å²) in [6.07, 6.45) is 5.35. The maximum absolute atomic E-state index is 12.9. The van der Waals surface area contributed by atoms with Gasteiger partial charge in [0.05, 0.1) is 12.4 Å². The molecule has 0 spiro atoms. The van der Waals surface area contributed by atoms with E-state index in [1.165, 1.54) is 13.3 Å². The molecule has 1 aromatic heterocycles. The van der Waals surface area contributed by atoms with E-state index in [1.54, 1.807) is 13.1 Å². The molecule has 172 valence electrons. The van der Waals surface area contributed by atoms with Gasteiger partial charge in [-0.05, 0) is 32.2 Å². The first-order valence-electron chi connectivity index (χ1n) is 10.6. The van der Waals surface area contributed by atoms with Gasteiger partial charge in [-0.1, -0.05) is 20.3 Å². The zero-order valence-electron chi connectivity index (χ0n) is 18.1. The van der Waals surface area contributed by atoms with Gasteiger partial charge in [-0.3, -0.25) is 14.4 Å². The summed E-state index contributed by atoms with van der Waals surface area (Å²) >= 11 is 0. The number of nitrogens with one attached hydrogen (secondary N) is 5. The van der Waals surface area contributed by atoms with E-state index in [0.717, 1.165) is 13.0 Å². The molecule has 11 nitrogen and oxygen atoms in total. The molecule has 5 atom stereocenters. The third-order valence-electron chi connectivity index (χ3n) is 5.52. The SMILES string of the molecule is CCC(C)C(NC(=O)C(C)NC(=O)C(Cc1cnc[nH]1)NC(=O)C1CCCN1)C(=O)O. The number of amides is 3. The molecule has 1 aliphatic heterocycles. The van der Waals surface area contributed by atoms with E-state index in [0.29, 0.717) is 18.5 Å². The van der Waals surface area contributed by atoms with E-state index in [9.17, 15) is 24.3 Å². The van der Waals surface area contributed by atoms with Crippen molar-refractivity contribution in [1.82, 2.24) is 31.2 Å². The summed E-state index contributed by atoms with van der Waals surface area (Å²) in [5.41, 5.74) is 0.652. The molecule has 0 aromatic carbocycles. The van der Waals surface area contributed by atoms with Crippen LogP contribution in [-0.4, -0.2) is 69.5 Å². The van der Waals surface area contributed by atoms with Crippen molar-refractivity contribution in [3.63, 3.8) is 0 Å². The van der Waals surface area contributed by atoms with Gasteiger partial charge in [-0.25, -0.2) is 9.78 Å². The first kappa shape index (κ1) is 24.3. The normalized spacial score (nSPS) is 19.6. The van der Waals surface area contributed by atoms with Crippen LogP contribution in [0.5, 0.6) is 0 Å². The highest BCUT2D eigenvalue weighted by Gasteiger charge is 2.31. The molecule has 6 N–H and O–H groups in total. The van der Waals surface area contributed by atoms with Crippen LogP contribution < -0.4 is 21.3 Å². The number of rotatable bonds is 11. The van der Waals surface area contributed by atoms with E-state index in [1.807, 2.05) is 6.92 Å². The Bertz CT molecular complexity index is 762. The number of carboxylic acids is 1. The summed E-state index contributed by atoms with van der Waals surface area (Å²) in [4.78, 5) is 56.1. The number of imidazole rings is 1. The smallest absolute Gasteiger partial charge is 0.326 e. The third kappa shape index (κ3) is 7.06. The monoisotopic (exact) mass is 436 g/mol. The fourth-order valence-electron chi connectivity index (χ4n) is 3.35. The first-order chi connectivity index (χ1) is 14.7. The number of hydrogen-bond donors (Lipinski definition) is 6. The summed E-state index contributed by atoms with van der Waals surface area (Å²) in [7, 11) is 0. The Morgan fingerprint density at radius 3 is 2.48 bits per heavy atom. The van der Waals surface area contributed by atoms with Crippen molar-refractivity contribution < 1.29 is 24.3 Å². The first-order valence-corrected chi connectivity index (χ1v) is 10.6. The molecule has 0 radical (unpaired) electrons. The fraction of sp³-hybridized carbons (Fsp3) is 0.650. The molecule has 1 aliphatic rings. The number of carboxylic acid groups (broad SMARTS) is 1. The van der Waals surface area contributed by atoms with Crippen LogP contribution in [-0.2, 0) is 25.6 Å². The van der Waals surface area contributed by atoms with Crippen LogP contribution in [0.25, 0.3) is 0 Å². The lowest BCUT2D eigenvalue weighted by molar-refractivity contribution is -0.143. The zero-order chi connectivity index (χ0) is 23.0. The van der Waals surface area contributed by atoms with Crippen molar-refractivity contribution in [2.24, 2.45) is 5.92 Å². The number of hydrogen-bond acceptors (Lipinski definition) is 6. The highest BCUT2D eigenvalue weighted by Crippen LogP contribution is 2.09. The largest absolute Gasteiger partial charge is 0.480 e. The predicted molar refractivity (Wildman–Crippen MR) is 112 cm³/mol. The van der Waals surface area contributed by atoms with Crippen molar-refractivity contribution in [2.45, 2.75) is 70.6 Å². The number of aromatic amines is 1. The van der Waals surface area contributed by atoms with Crippen LogP contribution in [0.4, 0.5) is 0 Å². The maximum Gasteiger partial charge on any atom is 0.326 e. The second kappa shape index (κ2) is 11.4. The summed E-state index contributed by atoms with van der Waals surface area (Å²) in [6.45, 7) is 5.78. The van der Waals surface area contributed by atoms with E-state index < -0.39 is 35.9 Å². The summed E-state index contributed by atoms with van der Waals surface area (Å²) in [5.74, 6) is -2.83. The van der Waals surface area contributed by atoms with E-state index in [4.69, 9.17) is 0 Å². The Morgan fingerprint density at radius 2 is 1.94 bits per heavy atom. The summed E-state index contributed by atoms with van der Waals surface area (Å²) < 4.78 is 0. The third-order valence-corrected chi connectivity index (χ3v) is 5.52. The molecule has 5 unspecified atom stereocenters. The van der Waals surface area contributed by atoms with Gasteiger partial charge in [0.2, 0.25) is 17.7 Å². The van der Waals surface area contributed by atoms with Gasteiger partial charge in [0.15, 0.2) is 0 Å². The van der Waals surface area contributed by atoms with Gasteiger partial charge in [0.1, 0.15) is 18.1 Å². The van der Waals surface area contributed by atoms with Gasteiger partial charge in [-0.15, -0.1) is 0 Å². The van der Waals surface area contributed by atoms with Crippen molar-refractivity contribution in [2.75, 3.05) is 6.54 Å². The molecular weight excluding hydrogens is 404 g/mol. The standard InChI is InChI=1S/C20H32N6O5/c1-4-11(2)16(20(30)31)26-17(27)12(3)24-19(29)15(8-13-9-21-10-23-13)25-18(28)14-6-5-7-22-14/h9-12,14-16,22H,4-8H2,1-3H3,(H,21,23)(H,24,29)(H,25,28)(H,26,27)(H,30,31). The van der Waals surface area contributed by atoms with Gasteiger partial charge in [-0.2, -0.15) is 0 Å². The Kier molecular flexibility index (Phi) is 8.98. The van der Waals surface area contributed by atoms with Crippen molar-refractivity contribution >= 4 is 23.7 Å². The molecular formula is C20H32N6O5. The Morgan fingerprint density at radius 1 is 1.19 bits per heavy atom. The van der Waals surface area contributed by atoms with Crippen molar-refractivity contribution in [3.05, 3.63) is 18.2 Å². The Hall–Kier alpha value is -2.95. The average molecular weight is 437 g/mol. The molecule has 0 aliphatic carbocycles. The fourth-order valence-corrected chi connectivity index (χ4v) is 3.35. The lowest BCUT2D eigenvalue weighted by atomic mass is 9.99. The van der Waals surface area contributed by atoms with E-state index in [-0.39, 0.29) is 24.3 Å². The van der Waals surface area contributed by atoms with Crippen LogP contribution in [0.1, 0.15) is 45.7 Å². The number of aromatic nitrogens is 2. The molecule has 2 heterocycles. The van der Waals surface area contributed by atoms with Gasteiger partial charge in [0, 0.05) is 18.3 Å². The molecule has 0 bridgehead atoms. The number of H-pyrrole nitrogens is 1. The van der Waals surface area contributed by atoms with Crippen LogP contribution in [0.2, 0.25) is 0 Å². The lowest BCUT2D eigenvalue weighted by Gasteiger charge is -2.24. The molecule has 1 fully saturated rings. The highest BCUT2D eigenvalue weighted by molar-refractivity contribution is 5.94. The highest BCUT2D eigenvalue weighted by atomic mass is 16.4. The van der Waals surface area contributed by atoms with Gasteiger partial charge < -0.3 is 31.4 Å². The topological polar surface area (TPSA) is 165 Å². The molecule has 3 amide bonds. The van der Waals surface area contributed by atoms with E-state index in [2.05, 4.69) is 31.2 Å². The van der Waals surface area contributed by atoms with Crippen LogP contribution in [0.3, 0.4) is 0 Å². The van der Waals surface area contributed by atoms with Crippen molar-refractivity contribution in [1.29, 1.82) is 0 Å². The minimum atomic E-state index is -1.13. The lowest BCUT2D eigenvalue weighted by Crippen LogP contribution is -2.57. The predicted octanol–water partition coefficient (Wildman–Crippen LogP) is -0.691. The Balaban J connectivity index is 2.02. The Labute approximate surface area is 181 Å². The van der Waals surface area contributed by atoms with Gasteiger partial charge >= 0.3 is 5.97 Å². The van der Waals surface area contributed by atoms with Crippen LogP contribution >= 0.6 is 0 Å². The molecule has 1 aromatic rings.